The minimum Gasteiger partial charge on any atom is -0.481 e. The molecule has 1 aliphatic rings. The van der Waals surface area contributed by atoms with Crippen LogP contribution in [0.15, 0.2) is 0 Å². The summed E-state index contributed by atoms with van der Waals surface area (Å²) in [7, 11) is 0. The van der Waals surface area contributed by atoms with Crippen LogP contribution in [0.25, 0.3) is 0 Å². The van der Waals surface area contributed by atoms with E-state index in [1.807, 2.05) is 18.7 Å². The molecule has 4 heteroatoms. The molecule has 14 heavy (non-hydrogen) atoms. The largest absolute Gasteiger partial charge is 0.481 e. The SMILES string of the molecule is CC(NCC1CCSC1)C(C)C(=O)O. The van der Waals surface area contributed by atoms with Crippen LogP contribution in [0.2, 0.25) is 0 Å². The molecule has 1 saturated heterocycles. The fourth-order valence-electron chi connectivity index (χ4n) is 1.49. The Labute approximate surface area is 89.6 Å². The standard InChI is InChI=1S/C10H19NO2S/c1-7(10(12)13)8(2)11-5-9-3-4-14-6-9/h7-9,11H,3-6H2,1-2H3,(H,12,13). The maximum Gasteiger partial charge on any atom is 0.307 e. The molecule has 0 radical (unpaired) electrons. The Bertz CT molecular complexity index is 193. The molecule has 0 saturated carbocycles. The van der Waals surface area contributed by atoms with E-state index in [0.29, 0.717) is 0 Å². The summed E-state index contributed by atoms with van der Waals surface area (Å²) in [6, 6.07) is 0.0677. The summed E-state index contributed by atoms with van der Waals surface area (Å²) in [5, 5.41) is 12.1. The normalized spacial score (nSPS) is 26.0. The van der Waals surface area contributed by atoms with Gasteiger partial charge in [0.2, 0.25) is 0 Å². The zero-order valence-corrected chi connectivity index (χ0v) is 9.64. The molecule has 0 aromatic carbocycles. The Morgan fingerprint density at radius 2 is 2.36 bits per heavy atom. The van der Waals surface area contributed by atoms with Gasteiger partial charge in [-0.05, 0) is 37.3 Å². The molecule has 0 spiro atoms. The van der Waals surface area contributed by atoms with E-state index >= 15 is 0 Å². The van der Waals surface area contributed by atoms with E-state index < -0.39 is 5.97 Å². The maximum absolute atomic E-state index is 10.7. The van der Waals surface area contributed by atoms with E-state index in [0.717, 1.165) is 12.5 Å². The first-order valence-electron chi connectivity index (χ1n) is 5.15. The summed E-state index contributed by atoms with van der Waals surface area (Å²) in [5.74, 6) is 2.20. The first-order chi connectivity index (χ1) is 6.61. The lowest BCUT2D eigenvalue weighted by Crippen LogP contribution is -2.38. The molecule has 1 heterocycles. The summed E-state index contributed by atoms with van der Waals surface area (Å²) in [6.45, 7) is 4.66. The minimum atomic E-state index is -0.717. The highest BCUT2D eigenvalue weighted by Gasteiger charge is 2.21. The molecule has 0 bridgehead atoms. The molecule has 0 amide bonds. The van der Waals surface area contributed by atoms with Crippen molar-refractivity contribution >= 4 is 17.7 Å². The molecule has 1 rings (SSSR count). The third kappa shape index (κ3) is 3.50. The van der Waals surface area contributed by atoms with Crippen LogP contribution in [0.4, 0.5) is 0 Å². The topological polar surface area (TPSA) is 49.3 Å². The highest BCUT2D eigenvalue weighted by atomic mass is 32.2. The van der Waals surface area contributed by atoms with Crippen LogP contribution in [0.1, 0.15) is 20.3 Å². The van der Waals surface area contributed by atoms with Gasteiger partial charge in [0.1, 0.15) is 0 Å². The molecule has 3 atom stereocenters. The first kappa shape index (κ1) is 11.9. The van der Waals surface area contributed by atoms with Gasteiger partial charge < -0.3 is 10.4 Å². The van der Waals surface area contributed by atoms with Crippen molar-refractivity contribution in [3.8, 4) is 0 Å². The Morgan fingerprint density at radius 3 is 2.86 bits per heavy atom. The lowest BCUT2D eigenvalue weighted by Gasteiger charge is -2.19. The molecule has 1 aliphatic heterocycles. The second kappa shape index (κ2) is 5.61. The van der Waals surface area contributed by atoms with Crippen molar-refractivity contribution in [1.29, 1.82) is 0 Å². The molecule has 82 valence electrons. The summed E-state index contributed by atoms with van der Waals surface area (Å²) in [4.78, 5) is 10.7. The Kier molecular flexibility index (Phi) is 4.75. The molecule has 0 aromatic rings. The molecule has 0 aliphatic carbocycles. The maximum atomic E-state index is 10.7. The lowest BCUT2D eigenvalue weighted by molar-refractivity contribution is -0.141. The summed E-state index contributed by atoms with van der Waals surface area (Å²) in [6.07, 6.45) is 1.27. The van der Waals surface area contributed by atoms with Gasteiger partial charge in [-0.25, -0.2) is 0 Å². The number of aliphatic carboxylic acids is 1. The summed E-state index contributed by atoms with van der Waals surface area (Å²) in [5.41, 5.74) is 0. The van der Waals surface area contributed by atoms with E-state index in [4.69, 9.17) is 5.11 Å². The van der Waals surface area contributed by atoms with Crippen LogP contribution in [-0.2, 0) is 4.79 Å². The summed E-state index contributed by atoms with van der Waals surface area (Å²) >= 11 is 1.99. The van der Waals surface area contributed by atoms with Gasteiger partial charge in [0.25, 0.3) is 0 Å². The molecule has 3 unspecified atom stereocenters. The second-order valence-electron chi connectivity index (χ2n) is 4.05. The van der Waals surface area contributed by atoms with Crippen molar-refractivity contribution < 1.29 is 9.90 Å². The quantitative estimate of drug-likeness (QED) is 0.731. The number of carboxylic acids is 1. The van der Waals surface area contributed by atoms with Gasteiger partial charge in [0, 0.05) is 6.04 Å². The van der Waals surface area contributed by atoms with Gasteiger partial charge in [-0.1, -0.05) is 6.92 Å². The molecule has 3 nitrogen and oxygen atoms in total. The van der Waals surface area contributed by atoms with Crippen molar-refractivity contribution in [2.75, 3.05) is 18.1 Å². The zero-order valence-electron chi connectivity index (χ0n) is 8.82. The van der Waals surface area contributed by atoms with Crippen molar-refractivity contribution in [3.63, 3.8) is 0 Å². The third-order valence-corrected chi connectivity index (χ3v) is 4.12. The summed E-state index contributed by atoms with van der Waals surface area (Å²) < 4.78 is 0. The number of carbonyl (C=O) groups is 1. The van der Waals surface area contributed by atoms with Crippen LogP contribution >= 0.6 is 11.8 Å². The van der Waals surface area contributed by atoms with E-state index in [-0.39, 0.29) is 12.0 Å². The fraction of sp³-hybridized carbons (Fsp3) is 0.900. The van der Waals surface area contributed by atoms with Crippen molar-refractivity contribution in [2.45, 2.75) is 26.3 Å². The van der Waals surface area contributed by atoms with Crippen LogP contribution in [-0.4, -0.2) is 35.2 Å². The van der Waals surface area contributed by atoms with Gasteiger partial charge in [0.05, 0.1) is 5.92 Å². The number of thioether (sulfide) groups is 1. The van der Waals surface area contributed by atoms with Crippen LogP contribution in [0, 0.1) is 11.8 Å². The molecular weight excluding hydrogens is 198 g/mol. The van der Waals surface area contributed by atoms with Gasteiger partial charge in [0.15, 0.2) is 0 Å². The average molecular weight is 217 g/mol. The molecule has 1 fully saturated rings. The van der Waals surface area contributed by atoms with Gasteiger partial charge in [-0.2, -0.15) is 11.8 Å². The van der Waals surface area contributed by atoms with Gasteiger partial charge in [-0.15, -0.1) is 0 Å². The van der Waals surface area contributed by atoms with Crippen molar-refractivity contribution in [2.24, 2.45) is 11.8 Å². The van der Waals surface area contributed by atoms with Crippen molar-refractivity contribution in [3.05, 3.63) is 0 Å². The minimum absolute atomic E-state index is 0.0677. The van der Waals surface area contributed by atoms with E-state index in [1.54, 1.807) is 6.92 Å². The lowest BCUT2D eigenvalue weighted by atomic mass is 10.0. The van der Waals surface area contributed by atoms with E-state index in [9.17, 15) is 4.79 Å². The van der Waals surface area contributed by atoms with Crippen LogP contribution in [0.5, 0.6) is 0 Å². The molecule has 2 N–H and O–H groups in total. The third-order valence-electron chi connectivity index (χ3n) is 2.89. The zero-order chi connectivity index (χ0) is 10.6. The molecule has 0 aromatic heterocycles. The van der Waals surface area contributed by atoms with Gasteiger partial charge in [-0.3, -0.25) is 4.79 Å². The Morgan fingerprint density at radius 1 is 1.64 bits per heavy atom. The predicted octanol–water partition coefficient (Wildman–Crippen LogP) is 1.44. The van der Waals surface area contributed by atoms with Gasteiger partial charge >= 0.3 is 5.97 Å². The second-order valence-corrected chi connectivity index (χ2v) is 5.20. The van der Waals surface area contributed by atoms with E-state index in [2.05, 4.69) is 5.32 Å². The van der Waals surface area contributed by atoms with E-state index in [1.165, 1.54) is 17.9 Å². The Hall–Kier alpha value is -0.220. The van der Waals surface area contributed by atoms with Crippen LogP contribution in [0.3, 0.4) is 0 Å². The number of hydrogen-bond acceptors (Lipinski definition) is 3. The van der Waals surface area contributed by atoms with Crippen molar-refractivity contribution in [1.82, 2.24) is 5.32 Å². The fourth-order valence-corrected chi connectivity index (χ4v) is 2.77. The highest BCUT2D eigenvalue weighted by molar-refractivity contribution is 7.99. The average Bonchev–Trinajstić information content (AvgIpc) is 2.65. The predicted molar refractivity (Wildman–Crippen MR) is 59.7 cm³/mol. The monoisotopic (exact) mass is 217 g/mol. The number of carboxylic acid groups (broad SMARTS) is 1. The smallest absolute Gasteiger partial charge is 0.307 e. The number of nitrogens with one attached hydrogen (secondary N) is 1. The number of rotatable bonds is 5. The molecular formula is C10H19NO2S. The first-order valence-corrected chi connectivity index (χ1v) is 6.30. The highest BCUT2D eigenvalue weighted by Crippen LogP contribution is 2.22. The van der Waals surface area contributed by atoms with Crippen LogP contribution < -0.4 is 5.32 Å². The Balaban J connectivity index is 2.19. The number of hydrogen-bond donors (Lipinski definition) is 2.